The van der Waals surface area contributed by atoms with E-state index in [1.54, 1.807) is 6.20 Å². The topological polar surface area (TPSA) is 62.6 Å². The fourth-order valence-electron chi connectivity index (χ4n) is 3.75. The number of anilines is 1. The van der Waals surface area contributed by atoms with Crippen molar-refractivity contribution in [3.8, 4) is 0 Å². The van der Waals surface area contributed by atoms with Crippen molar-refractivity contribution in [2.75, 3.05) is 45.2 Å². The number of ether oxygens (including phenoxy) is 1. The number of aromatic nitrogens is 2. The van der Waals surface area contributed by atoms with Gasteiger partial charge in [0.15, 0.2) is 0 Å². The number of nitrogens with one attached hydrogen (secondary N) is 1. The first-order valence-electron chi connectivity index (χ1n) is 10.1. The van der Waals surface area contributed by atoms with Crippen LogP contribution < -0.4 is 5.32 Å². The molecular formula is C21H29N5O2. The maximum atomic E-state index is 12.5. The lowest BCUT2D eigenvalue weighted by Crippen LogP contribution is -2.43. The van der Waals surface area contributed by atoms with Crippen LogP contribution in [0, 0.1) is 0 Å². The largest absolute Gasteiger partial charge is 0.376 e. The Morgan fingerprint density at radius 2 is 2.00 bits per heavy atom. The maximum Gasteiger partial charge on any atom is 0.255 e. The summed E-state index contributed by atoms with van der Waals surface area (Å²) in [6.45, 7) is 6.91. The zero-order valence-corrected chi connectivity index (χ0v) is 16.5. The Morgan fingerprint density at radius 1 is 1.21 bits per heavy atom. The Morgan fingerprint density at radius 3 is 2.71 bits per heavy atom. The van der Waals surface area contributed by atoms with Crippen molar-refractivity contribution in [2.24, 2.45) is 0 Å². The van der Waals surface area contributed by atoms with Gasteiger partial charge in [-0.3, -0.25) is 14.4 Å². The predicted molar refractivity (Wildman–Crippen MR) is 108 cm³/mol. The van der Waals surface area contributed by atoms with Gasteiger partial charge in [0.25, 0.3) is 5.91 Å². The second-order valence-corrected chi connectivity index (χ2v) is 7.82. The third kappa shape index (κ3) is 4.98. The Hall–Kier alpha value is -2.22. The summed E-state index contributed by atoms with van der Waals surface area (Å²) in [6, 6.07) is 7.90. The van der Waals surface area contributed by atoms with Crippen LogP contribution in [0.2, 0.25) is 0 Å². The molecule has 1 aromatic heterocycles. The van der Waals surface area contributed by atoms with Crippen molar-refractivity contribution in [1.29, 1.82) is 0 Å². The average Bonchev–Trinajstić information content (AvgIpc) is 3.37. The number of piperazine rings is 1. The monoisotopic (exact) mass is 383 g/mol. The molecule has 1 atom stereocenters. The number of carbonyl (C=O) groups is 1. The summed E-state index contributed by atoms with van der Waals surface area (Å²) in [5.41, 5.74) is 2.61. The highest BCUT2D eigenvalue weighted by atomic mass is 16.5. The number of likely N-dealkylation sites (N-methyl/N-ethyl adjacent to an activating group) is 1. The summed E-state index contributed by atoms with van der Waals surface area (Å²) in [7, 11) is 2.16. The van der Waals surface area contributed by atoms with Crippen LogP contribution in [-0.2, 0) is 17.8 Å². The third-order valence-corrected chi connectivity index (χ3v) is 5.52. The molecule has 0 spiro atoms. The van der Waals surface area contributed by atoms with Crippen molar-refractivity contribution < 1.29 is 9.53 Å². The molecule has 0 bridgehead atoms. The summed E-state index contributed by atoms with van der Waals surface area (Å²) in [5.74, 6) is -0.109. The number of carbonyl (C=O) groups excluding carboxylic acids is 1. The van der Waals surface area contributed by atoms with Gasteiger partial charge in [0.2, 0.25) is 0 Å². The highest BCUT2D eigenvalue weighted by Crippen LogP contribution is 2.16. The van der Waals surface area contributed by atoms with Crippen LogP contribution in [0.4, 0.5) is 5.69 Å². The van der Waals surface area contributed by atoms with Gasteiger partial charge in [-0.25, -0.2) is 0 Å². The van der Waals surface area contributed by atoms with E-state index < -0.39 is 0 Å². The minimum atomic E-state index is -0.109. The summed E-state index contributed by atoms with van der Waals surface area (Å²) in [5, 5.41) is 7.25. The number of benzene rings is 1. The fraction of sp³-hybridized carbons (Fsp3) is 0.524. The van der Waals surface area contributed by atoms with Crippen LogP contribution in [0.1, 0.15) is 28.8 Å². The molecule has 1 unspecified atom stereocenters. The molecule has 2 aromatic rings. The first-order valence-corrected chi connectivity index (χ1v) is 10.1. The summed E-state index contributed by atoms with van der Waals surface area (Å²) in [6.07, 6.45) is 5.97. The molecule has 1 aromatic carbocycles. The van der Waals surface area contributed by atoms with Crippen molar-refractivity contribution in [3.63, 3.8) is 0 Å². The second-order valence-electron chi connectivity index (χ2n) is 7.82. The lowest BCUT2D eigenvalue weighted by Gasteiger charge is -2.32. The molecule has 1 amide bonds. The standard InChI is InChI=1S/C21H29N5O2/c1-24-8-10-25(11-9-24)14-17-4-6-18(7-5-17)21(27)23-19-13-22-26(15-19)16-20-3-2-12-28-20/h4-7,13,15,20H,2-3,8-12,14,16H2,1H3,(H,23,27). The van der Waals surface area contributed by atoms with E-state index in [9.17, 15) is 4.79 Å². The van der Waals surface area contributed by atoms with Gasteiger partial charge >= 0.3 is 0 Å². The van der Waals surface area contributed by atoms with Gasteiger partial charge in [-0.05, 0) is 37.6 Å². The first-order chi connectivity index (χ1) is 13.7. The lowest BCUT2D eigenvalue weighted by molar-refractivity contribution is 0.0940. The molecular weight excluding hydrogens is 354 g/mol. The first kappa shape index (κ1) is 19.1. The fourth-order valence-corrected chi connectivity index (χ4v) is 3.75. The SMILES string of the molecule is CN1CCN(Cc2ccc(C(=O)Nc3cnn(CC4CCCO4)c3)cc2)CC1. The van der Waals surface area contributed by atoms with Crippen LogP contribution in [0.25, 0.3) is 0 Å². The van der Waals surface area contributed by atoms with E-state index in [2.05, 4.69) is 27.3 Å². The van der Waals surface area contributed by atoms with Gasteiger partial charge in [-0.15, -0.1) is 0 Å². The zero-order chi connectivity index (χ0) is 19.3. The van der Waals surface area contributed by atoms with E-state index in [1.165, 1.54) is 5.56 Å². The lowest BCUT2D eigenvalue weighted by atomic mass is 10.1. The number of rotatable bonds is 6. The molecule has 2 fully saturated rings. The van der Waals surface area contributed by atoms with E-state index in [0.29, 0.717) is 11.3 Å². The Bertz CT molecular complexity index is 774. The van der Waals surface area contributed by atoms with Crippen molar-refractivity contribution in [2.45, 2.75) is 32.0 Å². The highest BCUT2D eigenvalue weighted by molar-refractivity contribution is 6.04. The molecule has 3 heterocycles. The van der Waals surface area contributed by atoms with Crippen LogP contribution in [0.3, 0.4) is 0 Å². The molecule has 2 saturated heterocycles. The molecule has 1 N–H and O–H groups in total. The molecule has 0 radical (unpaired) electrons. The smallest absolute Gasteiger partial charge is 0.255 e. The molecule has 7 nitrogen and oxygen atoms in total. The average molecular weight is 383 g/mol. The number of amides is 1. The van der Waals surface area contributed by atoms with E-state index >= 15 is 0 Å². The summed E-state index contributed by atoms with van der Waals surface area (Å²) < 4.78 is 7.47. The number of hydrogen-bond acceptors (Lipinski definition) is 5. The van der Waals surface area contributed by atoms with Gasteiger partial charge in [-0.2, -0.15) is 5.10 Å². The maximum absolute atomic E-state index is 12.5. The second kappa shape index (κ2) is 8.86. The van der Waals surface area contributed by atoms with Crippen molar-refractivity contribution in [1.82, 2.24) is 19.6 Å². The minimum absolute atomic E-state index is 0.109. The molecule has 4 rings (SSSR count). The normalized spacial score (nSPS) is 21.1. The van der Waals surface area contributed by atoms with Crippen molar-refractivity contribution >= 4 is 11.6 Å². The molecule has 150 valence electrons. The minimum Gasteiger partial charge on any atom is -0.376 e. The summed E-state index contributed by atoms with van der Waals surface area (Å²) in [4.78, 5) is 17.3. The third-order valence-electron chi connectivity index (χ3n) is 5.52. The quantitative estimate of drug-likeness (QED) is 0.827. The Balaban J connectivity index is 1.29. The van der Waals surface area contributed by atoms with Crippen LogP contribution >= 0.6 is 0 Å². The van der Waals surface area contributed by atoms with Crippen LogP contribution in [0.15, 0.2) is 36.7 Å². The van der Waals surface area contributed by atoms with Gasteiger partial charge < -0.3 is 15.0 Å². The molecule has 2 aliphatic heterocycles. The molecule has 7 heteroatoms. The number of nitrogens with zero attached hydrogens (tertiary/aromatic N) is 4. The van der Waals surface area contributed by atoms with Gasteiger partial charge in [0.1, 0.15) is 0 Å². The van der Waals surface area contributed by atoms with Gasteiger partial charge in [0, 0.05) is 51.1 Å². The number of hydrogen-bond donors (Lipinski definition) is 1. The molecule has 0 aliphatic carbocycles. The Kier molecular flexibility index (Phi) is 6.04. The predicted octanol–water partition coefficient (Wildman–Crippen LogP) is 2.06. The van der Waals surface area contributed by atoms with Gasteiger partial charge in [0.05, 0.1) is 24.5 Å². The molecule has 28 heavy (non-hydrogen) atoms. The van der Waals surface area contributed by atoms with Crippen LogP contribution in [0.5, 0.6) is 0 Å². The van der Waals surface area contributed by atoms with Crippen molar-refractivity contribution in [3.05, 3.63) is 47.8 Å². The zero-order valence-electron chi connectivity index (χ0n) is 16.5. The molecule has 0 saturated carbocycles. The molecule has 2 aliphatic rings. The van der Waals surface area contributed by atoms with E-state index in [-0.39, 0.29) is 12.0 Å². The highest BCUT2D eigenvalue weighted by Gasteiger charge is 2.17. The van der Waals surface area contributed by atoms with E-state index in [0.717, 1.165) is 58.7 Å². The van der Waals surface area contributed by atoms with Crippen LogP contribution in [-0.4, -0.2) is 71.4 Å². The Labute approximate surface area is 166 Å². The van der Waals surface area contributed by atoms with Gasteiger partial charge in [-0.1, -0.05) is 12.1 Å². The van der Waals surface area contributed by atoms with E-state index in [1.807, 2.05) is 35.1 Å². The summed E-state index contributed by atoms with van der Waals surface area (Å²) >= 11 is 0. The van der Waals surface area contributed by atoms with E-state index in [4.69, 9.17) is 4.74 Å².